The molecule has 3 aromatic rings. The van der Waals surface area contributed by atoms with Gasteiger partial charge < -0.3 is 5.32 Å². The van der Waals surface area contributed by atoms with E-state index in [0.29, 0.717) is 16.9 Å². The number of halogens is 1. The molecule has 1 unspecified atom stereocenters. The summed E-state index contributed by atoms with van der Waals surface area (Å²) in [6, 6.07) is 5.86. The molecule has 4 heterocycles. The predicted octanol–water partition coefficient (Wildman–Crippen LogP) is 3.00. The highest BCUT2D eigenvalue weighted by atomic mass is 35.5. The Morgan fingerprint density at radius 1 is 1.38 bits per heavy atom. The van der Waals surface area contributed by atoms with E-state index in [0.717, 1.165) is 37.2 Å². The van der Waals surface area contributed by atoms with Gasteiger partial charge in [0.1, 0.15) is 0 Å². The number of hydrogen-bond donors (Lipinski definition) is 2. The molecule has 0 aliphatic carbocycles. The van der Waals surface area contributed by atoms with E-state index in [4.69, 9.17) is 0 Å². The zero-order valence-electron chi connectivity index (χ0n) is 14.0. The number of thiazole rings is 1. The van der Waals surface area contributed by atoms with Crippen LogP contribution in [-0.4, -0.2) is 38.7 Å². The van der Waals surface area contributed by atoms with E-state index in [9.17, 15) is 4.79 Å². The number of piperidine rings is 1. The predicted molar refractivity (Wildman–Crippen MR) is 104 cm³/mol. The first-order valence-electron chi connectivity index (χ1n) is 8.23. The molecule has 4 rings (SSSR count). The third kappa shape index (κ3) is 4.09. The number of nitrogens with zero attached hydrogens (tertiary/aromatic N) is 4. The van der Waals surface area contributed by atoms with Crippen molar-refractivity contribution in [1.82, 2.24) is 25.1 Å². The Kier molecular flexibility index (Phi) is 5.97. The van der Waals surface area contributed by atoms with Gasteiger partial charge in [-0.2, -0.15) is 5.10 Å². The van der Waals surface area contributed by atoms with Crippen LogP contribution in [0.4, 0.5) is 5.13 Å². The summed E-state index contributed by atoms with van der Waals surface area (Å²) in [5, 5.41) is 13.1. The molecule has 26 heavy (non-hydrogen) atoms. The number of pyridine rings is 1. The van der Waals surface area contributed by atoms with E-state index in [1.54, 1.807) is 18.5 Å². The van der Waals surface area contributed by atoms with Crippen molar-refractivity contribution < 1.29 is 4.79 Å². The minimum Gasteiger partial charge on any atom is -0.315 e. The lowest BCUT2D eigenvalue weighted by Gasteiger charge is -2.22. The first-order valence-corrected chi connectivity index (χ1v) is 9.11. The molecule has 3 aromatic heterocycles. The Bertz CT molecular complexity index is 859. The first-order chi connectivity index (χ1) is 12.3. The number of anilines is 1. The van der Waals surface area contributed by atoms with Crippen LogP contribution in [0, 0.1) is 0 Å². The van der Waals surface area contributed by atoms with Gasteiger partial charge in [-0.15, -0.1) is 23.7 Å². The minimum atomic E-state index is -0.241. The number of rotatable bonds is 4. The van der Waals surface area contributed by atoms with Crippen LogP contribution >= 0.6 is 23.7 Å². The molecular weight excluding hydrogens is 372 g/mol. The van der Waals surface area contributed by atoms with Crippen LogP contribution in [0.15, 0.2) is 42.2 Å². The van der Waals surface area contributed by atoms with Gasteiger partial charge in [-0.05, 0) is 37.6 Å². The summed E-state index contributed by atoms with van der Waals surface area (Å²) in [7, 11) is 0. The van der Waals surface area contributed by atoms with Crippen LogP contribution in [0.5, 0.6) is 0 Å². The minimum absolute atomic E-state index is 0. The molecule has 7 nitrogen and oxygen atoms in total. The lowest BCUT2D eigenvalue weighted by Crippen LogP contribution is -2.32. The number of amides is 1. The van der Waals surface area contributed by atoms with Gasteiger partial charge in [-0.1, -0.05) is 0 Å². The third-order valence-corrected chi connectivity index (χ3v) is 4.93. The maximum atomic E-state index is 12.4. The molecule has 1 atom stereocenters. The first kappa shape index (κ1) is 18.5. The second-order valence-corrected chi connectivity index (χ2v) is 6.77. The van der Waals surface area contributed by atoms with Gasteiger partial charge in [0.05, 0.1) is 11.7 Å². The van der Waals surface area contributed by atoms with Crippen LogP contribution in [0.3, 0.4) is 0 Å². The molecule has 0 radical (unpaired) electrons. The Labute approximate surface area is 161 Å². The summed E-state index contributed by atoms with van der Waals surface area (Å²) < 4.78 is 1.88. The van der Waals surface area contributed by atoms with Crippen molar-refractivity contribution >= 4 is 34.8 Å². The second-order valence-electron chi connectivity index (χ2n) is 5.91. The molecule has 1 saturated heterocycles. The zero-order valence-corrected chi connectivity index (χ0v) is 15.6. The molecule has 1 amide bonds. The fourth-order valence-corrected chi connectivity index (χ4v) is 3.58. The molecule has 0 spiro atoms. The van der Waals surface area contributed by atoms with Crippen LogP contribution < -0.4 is 10.6 Å². The fourth-order valence-electron chi connectivity index (χ4n) is 2.86. The van der Waals surface area contributed by atoms with E-state index < -0.39 is 0 Å². The molecule has 136 valence electrons. The van der Waals surface area contributed by atoms with Gasteiger partial charge in [-0.25, -0.2) is 4.98 Å². The lowest BCUT2D eigenvalue weighted by molar-refractivity contribution is 0.102. The highest BCUT2D eigenvalue weighted by Crippen LogP contribution is 2.24. The van der Waals surface area contributed by atoms with E-state index in [2.05, 4.69) is 25.7 Å². The van der Waals surface area contributed by atoms with Crippen molar-refractivity contribution in [3.8, 4) is 11.3 Å². The summed E-state index contributed by atoms with van der Waals surface area (Å²) in [4.78, 5) is 20.9. The molecular formula is C17H19ClN6OS. The summed E-state index contributed by atoms with van der Waals surface area (Å²) in [5.41, 5.74) is 2.13. The molecule has 9 heteroatoms. The van der Waals surface area contributed by atoms with Gasteiger partial charge in [0.15, 0.2) is 10.8 Å². The largest absolute Gasteiger partial charge is 0.315 e. The molecule has 0 saturated carbocycles. The molecule has 0 aromatic carbocycles. The van der Waals surface area contributed by atoms with Crippen molar-refractivity contribution in [3.05, 3.63) is 47.9 Å². The zero-order chi connectivity index (χ0) is 17.1. The van der Waals surface area contributed by atoms with Crippen molar-refractivity contribution in [2.45, 2.75) is 18.9 Å². The summed E-state index contributed by atoms with van der Waals surface area (Å²) >= 11 is 1.39. The Morgan fingerprint density at radius 2 is 2.31 bits per heavy atom. The van der Waals surface area contributed by atoms with Crippen LogP contribution in [0.1, 0.15) is 29.4 Å². The number of hydrogen-bond acceptors (Lipinski definition) is 6. The van der Waals surface area contributed by atoms with E-state index >= 15 is 0 Å². The van der Waals surface area contributed by atoms with Crippen molar-refractivity contribution in [2.24, 2.45) is 0 Å². The van der Waals surface area contributed by atoms with Gasteiger partial charge >= 0.3 is 0 Å². The SMILES string of the molecule is Cl.O=C(Nc1nc(-c2cccnc2)cs1)c1ccn(C2CCCNC2)n1. The average molecular weight is 391 g/mol. The van der Waals surface area contributed by atoms with Gasteiger partial charge in [-0.3, -0.25) is 19.8 Å². The van der Waals surface area contributed by atoms with Crippen molar-refractivity contribution in [2.75, 3.05) is 18.4 Å². The van der Waals surface area contributed by atoms with Crippen LogP contribution in [0.25, 0.3) is 11.3 Å². The normalized spacial score (nSPS) is 16.7. The second kappa shape index (κ2) is 8.39. The van der Waals surface area contributed by atoms with Crippen molar-refractivity contribution in [3.63, 3.8) is 0 Å². The molecule has 1 aliphatic heterocycles. The third-order valence-electron chi connectivity index (χ3n) is 4.17. The fraction of sp³-hybridized carbons (Fsp3) is 0.294. The Morgan fingerprint density at radius 3 is 3.08 bits per heavy atom. The molecule has 2 N–H and O–H groups in total. The quantitative estimate of drug-likeness (QED) is 0.715. The summed E-state index contributed by atoms with van der Waals surface area (Å²) in [5.74, 6) is -0.241. The number of nitrogens with one attached hydrogen (secondary N) is 2. The van der Waals surface area contributed by atoms with E-state index in [1.807, 2.05) is 28.4 Å². The lowest BCUT2D eigenvalue weighted by atomic mass is 10.1. The van der Waals surface area contributed by atoms with Crippen LogP contribution in [-0.2, 0) is 0 Å². The van der Waals surface area contributed by atoms with Crippen molar-refractivity contribution in [1.29, 1.82) is 0 Å². The summed E-state index contributed by atoms with van der Waals surface area (Å²) in [6.07, 6.45) is 7.55. The molecule has 1 aliphatic rings. The summed E-state index contributed by atoms with van der Waals surface area (Å²) in [6.45, 7) is 1.94. The van der Waals surface area contributed by atoms with Gasteiger partial charge in [0.2, 0.25) is 0 Å². The average Bonchev–Trinajstić information content (AvgIpc) is 3.33. The number of aromatic nitrogens is 4. The van der Waals surface area contributed by atoms with E-state index in [1.165, 1.54) is 11.3 Å². The molecule has 0 bridgehead atoms. The Hall–Kier alpha value is -2.29. The topological polar surface area (TPSA) is 84.7 Å². The smallest absolute Gasteiger partial charge is 0.277 e. The van der Waals surface area contributed by atoms with Gasteiger partial charge in [0, 0.05) is 36.1 Å². The maximum absolute atomic E-state index is 12.4. The number of carbonyl (C=O) groups is 1. The standard InChI is InChI=1S/C17H18N6OS.ClH/c24-16(14-5-8-23(22-14)13-4-2-7-19-10-13)21-17-20-15(11-25-17)12-3-1-6-18-9-12;/h1,3,5-6,8-9,11,13,19H,2,4,7,10H2,(H,20,21,24);1H. The van der Waals surface area contributed by atoms with Gasteiger partial charge in [0.25, 0.3) is 5.91 Å². The Balaban J connectivity index is 0.00000196. The molecule has 1 fully saturated rings. The maximum Gasteiger partial charge on any atom is 0.277 e. The highest BCUT2D eigenvalue weighted by Gasteiger charge is 2.18. The van der Waals surface area contributed by atoms with Crippen LogP contribution in [0.2, 0.25) is 0 Å². The highest BCUT2D eigenvalue weighted by molar-refractivity contribution is 7.14. The monoisotopic (exact) mass is 390 g/mol. The number of carbonyl (C=O) groups excluding carboxylic acids is 1. The van der Waals surface area contributed by atoms with E-state index in [-0.39, 0.29) is 18.3 Å².